The number of carbonyl (C=O) groups is 1. The van der Waals surface area contributed by atoms with Crippen molar-refractivity contribution in [2.75, 3.05) is 18.4 Å². The van der Waals surface area contributed by atoms with Crippen LogP contribution in [0.25, 0.3) is 0 Å². The molecule has 0 bridgehead atoms. The molecule has 1 aliphatic rings. The van der Waals surface area contributed by atoms with Crippen molar-refractivity contribution in [3.05, 3.63) is 65.7 Å². The van der Waals surface area contributed by atoms with Gasteiger partial charge in [0.25, 0.3) is 0 Å². The number of anilines is 1. The summed E-state index contributed by atoms with van der Waals surface area (Å²) in [7, 11) is 0. The first-order chi connectivity index (χ1) is 11.7. The molecule has 0 aliphatic carbocycles. The number of hydrogen-bond acceptors (Lipinski definition) is 2. The summed E-state index contributed by atoms with van der Waals surface area (Å²) in [5.74, 6) is 0. The van der Waals surface area contributed by atoms with E-state index in [-0.39, 0.29) is 12.1 Å². The molecule has 0 saturated carbocycles. The Hall–Kier alpha value is -2.33. The molecule has 2 amide bonds. The van der Waals surface area contributed by atoms with Gasteiger partial charge in [0.15, 0.2) is 0 Å². The monoisotopic (exact) mass is 324 g/mol. The summed E-state index contributed by atoms with van der Waals surface area (Å²) in [4.78, 5) is 13.7. The third-order valence-electron chi connectivity index (χ3n) is 4.43. The maximum Gasteiger partial charge on any atom is 0.321 e. The van der Waals surface area contributed by atoms with Gasteiger partial charge in [-0.25, -0.2) is 4.79 Å². The van der Waals surface area contributed by atoms with Crippen LogP contribution in [-0.4, -0.2) is 35.2 Å². The highest BCUT2D eigenvalue weighted by Crippen LogP contribution is 2.15. The lowest BCUT2D eigenvalue weighted by Crippen LogP contribution is -2.33. The Morgan fingerprint density at radius 3 is 2.33 bits per heavy atom. The van der Waals surface area contributed by atoms with Crippen LogP contribution in [0.1, 0.15) is 24.0 Å². The highest BCUT2D eigenvalue weighted by Gasteiger charge is 2.24. The number of nitrogens with one attached hydrogen (secondary N) is 1. The Kier molecular flexibility index (Phi) is 5.49. The van der Waals surface area contributed by atoms with E-state index in [0.717, 1.165) is 24.9 Å². The summed E-state index contributed by atoms with van der Waals surface area (Å²) in [5.41, 5.74) is 3.45. The molecule has 2 N–H and O–H groups in total. The standard InChI is InChI=1S/C20H24N2O2/c23-19-13-14-22(15-19)20(24)21-18-11-9-17(10-12-18)8-4-7-16-5-2-1-3-6-16/h1-3,5-6,9-12,19,23H,4,7-8,13-15H2,(H,21,24)/t19-/m1/s1. The van der Waals surface area contributed by atoms with Crippen molar-refractivity contribution in [3.8, 4) is 0 Å². The van der Waals surface area contributed by atoms with E-state index in [4.69, 9.17) is 0 Å². The lowest BCUT2D eigenvalue weighted by atomic mass is 10.0. The van der Waals surface area contributed by atoms with Crippen LogP contribution >= 0.6 is 0 Å². The zero-order valence-electron chi connectivity index (χ0n) is 13.8. The number of urea groups is 1. The topological polar surface area (TPSA) is 52.6 Å². The van der Waals surface area contributed by atoms with Crippen LogP contribution in [0.4, 0.5) is 10.5 Å². The third-order valence-corrected chi connectivity index (χ3v) is 4.43. The third kappa shape index (κ3) is 4.59. The first kappa shape index (κ1) is 16.5. The number of carbonyl (C=O) groups excluding carboxylic acids is 1. The van der Waals surface area contributed by atoms with E-state index < -0.39 is 0 Å². The highest BCUT2D eigenvalue weighted by atomic mass is 16.3. The molecule has 1 atom stereocenters. The van der Waals surface area contributed by atoms with Gasteiger partial charge in [0.2, 0.25) is 0 Å². The lowest BCUT2D eigenvalue weighted by Gasteiger charge is -2.16. The summed E-state index contributed by atoms with van der Waals surface area (Å²) in [6, 6.07) is 18.4. The van der Waals surface area contributed by atoms with Crippen LogP contribution in [0.2, 0.25) is 0 Å². The quantitative estimate of drug-likeness (QED) is 0.885. The average Bonchev–Trinajstić information content (AvgIpc) is 3.04. The van der Waals surface area contributed by atoms with Crippen molar-refractivity contribution in [1.29, 1.82) is 0 Å². The molecular formula is C20H24N2O2. The van der Waals surface area contributed by atoms with Crippen molar-refractivity contribution in [3.63, 3.8) is 0 Å². The van der Waals surface area contributed by atoms with Crippen LogP contribution < -0.4 is 5.32 Å². The lowest BCUT2D eigenvalue weighted by molar-refractivity contribution is 0.176. The molecule has 0 unspecified atom stereocenters. The minimum Gasteiger partial charge on any atom is -0.391 e. The van der Waals surface area contributed by atoms with Crippen molar-refractivity contribution < 1.29 is 9.90 Å². The molecule has 2 aromatic rings. The number of aliphatic hydroxyl groups is 1. The molecule has 0 radical (unpaired) electrons. The van der Waals surface area contributed by atoms with Crippen LogP contribution in [-0.2, 0) is 12.8 Å². The second kappa shape index (κ2) is 7.97. The number of nitrogens with zero attached hydrogens (tertiary/aromatic N) is 1. The van der Waals surface area contributed by atoms with Gasteiger partial charge in [0, 0.05) is 18.8 Å². The van der Waals surface area contributed by atoms with E-state index >= 15 is 0 Å². The molecule has 3 rings (SSSR count). The average molecular weight is 324 g/mol. The van der Waals surface area contributed by atoms with E-state index in [1.807, 2.05) is 18.2 Å². The number of benzene rings is 2. The predicted octanol–water partition coefficient (Wildman–Crippen LogP) is 3.46. The minimum atomic E-state index is -0.386. The zero-order valence-corrected chi connectivity index (χ0v) is 13.8. The molecule has 1 heterocycles. The van der Waals surface area contributed by atoms with Crippen LogP contribution in [0.5, 0.6) is 0 Å². The van der Waals surface area contributed by atoms with Gasteiger partial charge in [-0.15, -0.1) is 0 Å². The van der Waals surface area contributed by atoms with Crippen molar-refractivity contribution in [2.24, 2.45) is 0 Å². The summed E-state index contributed by atoms with van der Waals surface area (Å²) in [6.45, 7) is 1.04. The molecule has 126 valence electrons. The fourth-order valence-electron chi connectivity index (χ4n) is 3.02. The summed E-state index contributed by atoms with van der Waals surface area (Å²) in [5, 5.41) is 12.4. The Morgan fingerprint density at radius 2 is 1.71 bits per heavy atom. The molecule has 0 aromatic heterocycles. The van der Waals surface area contributed by atoms with Crippen molar-refractivity contribution in [2.45, 2.75) is 31.8 Å². The van der Waals surface area contributed by atoms with Gasteiger partial charge >= 0.3 is 6.03 Å². The molecule has 24 heavy (non-hydrogen) atoms. The Morgan fingerprint density at radius 1 is 1.04 bits per heavy atom. The van der Waals surface area contributed by atoms with E-state index in [1.165, 1.54) is 11.1 Å². The molecule has 1 fully saturated rings. The van der Waals surface area contributed by atoms with Crippen molar-refractivity contribution in [1.82, 2.24) is 4.90 Å². The number of aliphatic hydroxyl groups excluding tert-OH is 1. The number of aryl methyl sites for hydroxylation is 2. The fourth-order valence-corrected chi connectivity index (χ4v) is 3.02. The Labute approximate surface area is 143 Å². The van der Waals surface area contributed by atoms with Gasteiger partial charge in [-0.3, -0.25) is 0 Å². The first-order valence-corrected chi connectivity index (χ1v) is 8.57. The summed E-state index contributed by atoms with van der Waals surface area (Å²) in [6.07, 6.45) is 3.50. The second-order valence-corrected chi connectivity index (χ2v) is 6.35. The number of likely N-dealkylation sites (tertiary alicyclic amines) is 1. The van der Waals surface area contributed by atoms with Gasteiger partial charge in [-0.05, 0) is 48.9 Å². The van der Waals surface area contributed by atoms with Gasteiger partial charge in [0.1, 0.15) is 0 Å². The normalized spacial score (nSPS) is 17.0. The number of rotatable bonds is 5. The molecule has 4 heteroatoms. The van der Waals surface area contributed by atoms with Gasteiger partial charge in [0.05, 0.1) is 6.10 Å². The summed E-state index contributed by atoms with van der Waals surface area (Å²) >= 11 is 0. The number of amides is 2. The molecule has 1 saturated heterocycles. The highest BCUT2D eigenvalue weighted by molar-refractivity contribution is 5.89. The smallest absolute Gasteiger partial charge is 0.321 e. The SMILES string of the molecule is O=C(Nc1ccc(CCCc2ccccc2)cc1)N1CC[C@@H](O)C1. The second-order valence-electron chi connectivity index (χ2n) is 6.35. The van der Waals surface area contributed by atoms with Crippen LogP contribution in [0.3, 0.4) is 0 Å². The molecule has 4 nitrogen and oxygen atoms in total. The van der Waals surface area contributed by atoms with Gasteiger partial charge < -0.3 is 15.3 Å². The van der Waals surface area contributed by atoms with Crippen molar-refractivity contribution >= 4 is 11.7 Å². The Bertz CT molecular complexity index is 655. The maximum absolute atomic E-state index is 12.1. The molecule has 1 aliphatic heterocycles. The molecule has 0 spiro atoms. The van der Waals surface area contributed by atoms with E-state index in [1.54, 1.807) is 4.90 Å². The van der Waals surface area contributed by atoms with Gasteiger partial charge in [-0.2, -0.15) is 0 Å². The van der Waals surface area contributed by atoms with E-state index in [2.05, 4.69) is 41.7 Å². The predicted molar refractivity (Wildman–Crippen MR) is 96.1 cm³/mol. The van der Waals surface area contributed by atoms with Crippen LogP contribution in [0, 0.1) is 0 Å². The first-order valence-electron chi connectivity index (χ1n) is 8.57. The molecular weight excluding hydrogens is 300 g/mol. The summed E-state index contributed by atoms with van der Waals surface area (Å²) < 4.78 is 0. The van der Waals surface area contributed by atoms with E-state index in [0.29, 0.717) is 19.5 Å². The minimum absolute atomic E-state index is 0.136. The van der Waals surface area contributed by atoms with Gasteiger partial charge in [-0.1, -0.05) is 42.5 Å². The van der Waals surface area contributed by atoms with E-state index in [9.17, 15) is 9.90 Å². The van der Waals surface area contributed by atoms with Crippen LogP contribution in [0.15, 0.2) is 54.6 Å². The maximum atomic E-state index is 12.1. The fraction of sp³-hybridized carbons (Fsp3) is 0.350. The molecule has 2 aromatic carbocycles. The Balaban J connectivity index is 1.45. The number of hydrogen-bond donors (Lipinski definition) is 2. The number of β-amino-alcohol motifs (C(OH)–C–C–N with tert-alkyl or cyclic N) is 1. The zero-order chi connectivity index (χ0) is 16.8. The largest absolute Gasteiger partial charge is 0.391 e.